The molecule has 0 heteroatoms. The third-order valence-electron chi connectivity index (χ3n) is 5.99. The molecule has 2 aliphatic rings. The topological polar surface area (TPSA) is 0 Å². The Labute approximate surface area is 136 Å². The molecule has 0 amide bonds. The highest BCUT2D eigenvalue weighted by Gasteiger charge is 2.41. The lowest BCUT2D eigenvalue weighted by molar-refractivity contribution is 0.249. The van der Waals surface area contributed by atoms with E-state index in [0.717, 1.165) is 5.92 Å². The molecule has 0 unspecified atom stereocenters. The second-order valence-electron chi connectivity index (χ2n) is 7.49. The summed E-state index contributed by atoms with van der Waals surface area (Å²) in [7, 11) is 0. The summed E-state index contributed by atoms with van der Waals surface area (Å²) in [6.45, 7) is 7.19. The zero-order chi connectivity index (χ0) is 15.6. The van der Waals surface area contributed by atoms with Crippen LogP contribution in [0.25, 0.3) is 0 Å². The zero-order valence-corrected chi connectivity index (χ0v) is 14.5. The van der Waals surface area contributed by atoms with Crippen LogP contribution in [0.1, 0.15) is 64.9 Å². The van der Waals surface area contributed by atoms with E-state index >= 15 is 0 Å². The molecule has 0 N–H and O–H groups in total. The average Bonchev–Trinajstić information content (AvgIpc) is 2.87. The smallest absolute Gasteiger partial charge is 0.00723 e. The first-order valence-corrected chi connectivity index (χ1v) is 9.09. The van der Waals surface area contributed by atoms with E-state index in [1.165, 1.54) is 50.5 Å². The van der Waals surface area contributed by atoms with Gasteiger partial charge in [-0.15, -0.1) is 0 Å². The van der Waals surface area contributed by atoms with E-state index in [4.69, 9.17) is 0 Å². The molecule has 1 aromatic rings. The first kappa shape index (κ1) is 15.6. The summed E-state index contributed by atoms with van der Waals surface area (Å²) >= 11 is 0. The van der Waals surface area contributed by atoms with Crippen LogP contribution in [0.4, 0.5) is 0 Å². The molecule has 0 bridgehead atoms. The van der Waals surface area contributed by atoms with Gasteiger partial charge in [-0.1, -0.05) is 73.9 Å². The molecule has 1 aromatic carbocycles. The quantitative estimate of drug-likeness (QED) is 0.545. The van der Waals surface area contributed by atoms with E-state index in [-0.39, 0.29) is 0 Å². The van der Waals surface area contributed by atoms with Gasteiger partial charge < -0.3 is 0 Å². The van der Waals surface area contributed by atoms with E-state index in [0.29, 0.717) is 5.41 Å². The van der Waals surface area contributed by atoms with Gasteiger partial charge in [-0.25, -0.2) is 0 Å². The van der Waals surface area contributed by atoms with Gasteiger partial charge in [0.05, 0.1) is 0 Å². The molecule has 0 spiro atoms. The normalized spacial score (nSPS) is 27.8. The fourth-order valence-corrected chi connectivity index (χ4v) is 4.61. The third kappa shape index (κ3) is 3.07. The number of rotatable bonds is 5. The van der Waals surface area contributed by atoms with Crippen molar-refractivity contribution in [2.45, 2.75) is 65.7 Å². The van der Waals surface area contributed by atoms with Crippen molar-refractivity contribution in [1.29, 1.82) is 0 Å². The molecule has 0 aromatic heterocycles. The molecule has 0 radical (unpaired) electrons. The Morgan fingerprint density at radius 2 is 1.68 bits per heavy atom. The summed E-state index contributed by atoms with van der Waals surface area (Å²) in [5.74, 6) is 0.864. The van der Waals surface area contributed by atoms with Gasteiger partial charge >= 0.3 is 0 Å². The molecule has 3 rings (SSSR count). The Morgan fingerprint density at radius 1 is 0.955 bits per heavy atom. The van der Waals surface area contributed by atoms with Crippen LogP contribution >= 0.6 is 0 Å². The molecule has 22 heavy (non-hydrogen) atoms. The van der Waals surface area contributed by atoms with Crippen molar-refractivity contribution in [3.05, 3.63) is 58.7 Å². The summed E-state index contributed by atoms with van der Waals surface area (Å²) < 4.78 is 0. The lowest BCUT2D eigenvalue weighted by Crippen LogP contribution is -2.27. The number of aryl methyl sites for hydroxylation is 1. The van der Waals surface area contributed by atoms with E-state index in [1.54, 1.807) is 16.7 Å². The molecule has 118 valence electrons. The molecule has 0 nitrogen and oxygen atoms in total. The fraction of sp³-hybridized carbons (Fsp3) is 0.545. The first-order chi connectivity index (χ1) is 10.6. The average molecular weight is 294 g/mol. The second-order valence-corrected chi connectivity index (χ2v) is 7.49. The molecule has 0 heterocycles. The van der Waals surface area contributed by atoms with Crippen LogP contribution in [-0.2, 0) is 6.42 Å². The molecule has 0 saturated carbocycles. The number of hydrogen-bond acceptors (Lipinski definition) is 0. The van der Waals surface area contributed by atoms with Crippen LogP contribution in [0, 0.1) is 11.3 Å². The highest BCUT2D eigenvalue weighted by Crippen LogP contribution is 2.53. The lowest BCUT2D eigenvalue weighted by atomic mass is 9.66. The van der Waals surface area contributed by atoms with E-state index < -0.39 is 0 Å². The maximum absolute atomic E-state index is 2.66. The maximum atomic E-state index is 2.66. The number of fused-ring (bicyclic) bond motifs is 1. The second kappa shape index (κ2) is 6.44. The van der Waals surface area contributed by atoms with Crippen LogP contribution in [0.3, 0.4) is 0 Å². The fourth-order valence-electron chi connectivity index (χ4n) is 4.61. The van der Waals surface area contributed by atoms with Gasteiger partial charge in [0.25, 0.3) is 0 Å². The van der Waals surface area contributed by atoms with Crippen LogP contribution in [0.5, 0.6) is 0 Å². The van der Waals surface area contributed by atoms with Gasteiger partial charge in [-0.05, 0) is 61.8 Å². The van der Waals surface area contributed by atoms with Gasteiger partial charge in [0.2, 0.25) is 0 Å². The number of benzene rings is 1. The monoisotopic (exact) mass is 294 g/mol. The molecule has 0 aliphatic heterocycles. The largest absolute Gasteiger partial charge is 0.0787 e. The van der Waals surface area contributed by atoms with Gasteiger partial charge in [0.1, 0.15) is 0 Å². The Kier molecular flexibility index (Phi) is 4.57. The Bertz CT molecular complexity index is 575. The molecule has 0 saturated heterocycles. The first-order valence-electron chi connectivity index (χ1n) is 9.09. The van der Waals surface area contributed by atoms with Crippen molar-refractivity contribution in [3.63, 3.8) is 0 Å². The van der Waals surface area contributed by atoms with E-state index in [9.17, 15) is 0 Å². The summed E-state index contributed by atoms with van der Waals surface area (Å²) in [4.78, 5) is 0. The lowest BCUT2D eigenvalue weighted by Gasteiger charge is -2.38. The molecular weight excluding hydrogens is 264 g/mol. The highest BCUT2D eigenvalue weighted by atomic mass is 14.5. The van der Waals surface area contributed by atoms with Crippen LogP contribution in [-0.4, -0.2) is 0 Å². The molecular formula is C22H30. The highest BCUT2D eigenvalue weighted by molar-refractivity contribution is 5.31. The number of allylic oxidation sites excluding steroid dienone is 4. The third-order valence-corrected chi connectivity index (χ3v) is 5.99. The summed E-state index contributed by atoms with van der Waals surface area (Å²) in [6.07, 6.45) is 11.6. The number of hydrogen-bond donors (Lipinski definition) is 0. The summed E-state index contributed by atoms with van der Waals surface area (Å²) in [5, 5.41) is 0. The maximum Gasteiger partial charge on any atom is -0.00723 e. The minimum atomic E-state index is 0.441. The van der Waals surface area contributed by atoms with Gasteiger partial charge in [0, 0.05) is 0 Å². The zero-order valence-electron chi connectivity index (χ0n) is 14.5. The Morgan fingerprint density at radius 3 is 2.36 bits per heavy atom. The SMILES string of the molecule is CCC1=C(CC)C[C@@]2(C)C=C(CCc3ccccc3)C[C@H]2C1. The van der Waals surface area contributed by atoms with Crippen molar-refractivity contribution in [2.24, 2.45) is 11.3 Å². The standard InChI is InChI=1S/C22H30/c1-4-19-14-21-13-18(12-11-17-9-7-6-8-10-17)15-22(21,3)16-20(19)5-2/h6-10,15,21H,4-5,11-14,16H2,1-3H3/t21-,22+/m0/s1. The predicted octanol–water partition coefficient (Wildman–Crippen LogP) is 6.48. The molecule has 2 atom stereocenters. The van der Waals surface area contributed by atoms with Crippen molar-refractivity contribution in [2.75, 3.05) is 0 Å². The van der Waals surface area contributed by atoms with Crippen molar-refractivity contribution >= 4 is 0 Å². The van der Waals surface area contributed by atoms with Crippen molar-refractivity contribution < 1.29 is 0 Å². The summed E-state index contributed by atoms with van der Waals surface area (Å²) in [5.41, 5.74) is 7.15. The minimum absolute atomic E-state index is 0.441. The van der Waals surface area contributed by atoms with Crippen molar-refractivity contribution in [1.82, 2.24) is 0 Å². The molecule has 0 fully saturated rings. The molecule has 2 aliphatic carbocycles. The van der Waals surface area contributed by atoms with Crippen LogP contribution in [0.2, 0.25) is 0 Å². The summed E-state index contributed by atoms with van der Waals surface area (Å²) in [6, 6.07) is 10.9. The minimum Gasteiger partial charge on any atom is -0.0787 e. The van der Waals surface area contributed by atoms with Crippen LogP contribution < -0.4 is 0 Å². The Balaban J connectivity index is 1.68. The van der Waals surface area contributed by atoms with Crippen molar-refractivity contribution in [3.8, 4) is 0 Å². The van der Waals surface area contributed by atoms with E-state index in [2.05, 4.69) is 57.2 Å². The van der Waals surface area contributed by atoms with E-state index in [1.807, 2.05) is 0 Å². The predicted molar refractivity (Wildman–Crippen MR) is 95.9 cm³/mol. The van der Waals surface area contributed by atoms with Gasteiger partial charge in [0.15, 0.2) is 0 Å². The Hall–Kier alpha value is -1.30. The van der Waals surface area contributed by atoms with Crippen LogP contribution in [0.15, 0.2) is 53.1 Å². The van der Waals surface area contributed by atoms with Gasteiger partial charge in [-0.2, -0.15) is 0 Å². The van der Waals surface area contributed by atoms with Gasteiger partial charge in [-0.3, -0.25) is 0 Å².